The summed E-state index contributed by atoms with van der Waals surface area (Å²) < 4.78 is 20.6. The van der Waals surface area contributed by atoms with Crippen LogP contribution in [0, 0.1) is 5.82 Å². The largest absolute Gasteiger partial charge is 0.489 e. The van der Waals surface area contributed by atoms with Gasteiger partial charge in [0.05, 0.1) is 5.69 Å². The Labute approximate surface area is 132 Å². The third-order valence-electron chi connectivity index (χ3n) is 3.98. The van der Waals surface area contributed by atoms with Crippen molar-refractivity contribution < 1.29 is 9.13 Å². The average Bonchev–Trinajstić information content (AvgIpc) is 2.96. The average molecular weight is 310 g/mol. The normalized spacial score (nSPS) is 12.6. The summed E-state index contributed by atoms with van der Waals surface area (Å²) in [5.74, 6) is 1.82. The molecular weight excluding hydrogens is 295 g/mol. The Balaban J connectivity index is 1.56. The van der Waals surface area contributed by atoms with Gasteiger partial charge in [0.15, 0.2) is 0 Å². The molecule has 2 heterocycles. The van der Waals surface area contributed by atoms with Crippen LogP contribution < -0.4 is 10.5 Å². The molecule has 0 fully saturated rings. The molecule has 0 bridgehead atoms. The number of fused-ring (bicyclic) bond motifs is 3. The first-order chi connectivity index (χ1) is 11.2. The van der Waals surface area contributed by atoms with Gasteiger partial charge in [-0.2, -0.15) is 0 Å². The third kappa shape index (κ3) is 2.52. The highest BCUT2D eigenvalue weighted by Gasteiger charge is 2.20. The Hall–Kier alpha value is -2.89. The van der Waals surface area contributed by atoms with Crippen LogP contribution in [0.15, 0.2) is 42.5 Å². The Bertz CT molecular complexity index is 858. The van der Waals surface area contributed by atoms with E-state index in [4.69, 9.17) is 10.5 Å². The fourth-order valence-electron chi connectivity index (χ4n) is 2.82. The molecule has 0 amide bonds. The quantitative estimate of drug-likeness (QED) is 0.807. The number of halogens is 1. The van der Waals surface area contributed by atoms with Gasteiger partial charge in [-0.15, -0.1) is 10.2 Å². The Morgan fingerprint density at radius 2 is 1.91 bits per heavy atom. The standard InChI is InChI=1S/C17H15FN4O/c18-13-4-1-11(2-5-13)10-23-14-6-7-15-12(9-14)3-8-16-20-21-17(19)22(15)16/h1-2,4-7,9H,3,8,10H2,(H2,19,21). The number of nitrogen functional groups attached to an aromatic ring is 1. The van der Waals surface area contributed by atoms with Gasteiger partial charge >= 0.3 is 0 Å². The molecule has 0 atom stereocenters. The summed E-state index contributed by atoms with van der Waals surface area (Å²) in [6, 6.07) is 12.2. The highest BCUT2D eigenvalue weighted by atomic mass is 19.1. The van der Waals surface area contributed by atoms with Crippen molar-refractivity contribution in [3.8, 4) is 11.4 Å². The molecule has 1 aliphatic rings. The van der Waals surface area contributed by atoms with Crippen LogP contribution in [0.2, 0.25) is 0 Å². The van der Waals surface area contributed by atoms with Crippen molar-refractivity contribution in [3.63, 3.8) is 0 Å². The van der Waals surface area contributed by atoms with Crippen molar-refractivity contribution in [2.75, 3.05) is 5.73 Å². The molecule has 2 N–H and O–H groups in total. The summed E-state index contributed by atoms with van der Waals surface area (Å²) in [5, 5.41) is 8.02. The molecule has 116 valence electrons. The number of hydrogen-bond acceptors (Lipinski definition) is 4. The number of hydrogen-bond donors (Lipinski definition) is 1. The van der Waals surface area contributed by atoms with Crippen molar-refractivity contribution in [3.05, 3.63) is 65.2 Å². The lowest BCUT2D eigenvalue weighted by Crippen LogP contribution is -2.14. The number of nitrogens with zero attached hydrogens (tertiary/aromatic N) is 3. The van der Waals surface area contributed by atoms with E-state index in [1.54, 1.807) is 12.1 Å². The molecule has 2 aromatic carbocycles. The van der Waals surface area contributed by atoms with E-state index >= 15 is 0 Å². The SMILES string of the molecule is Nc1nnc2n1-c1ccc(OCc3ccc(F)cc3)cc1CC2. The van der Waals surface area contributed by atoms with Crippen LogP contribution in [-0.2, 0) is 19.4 Å². The minimum absolute atomic E-state index is 0.245. The fraction of sp³-hybridized carbons (Fsp3) is 0.176. The zero-order chi connectivity index (χ0) is 15.8. The number of nitrogens with two attached hydrogens (primary N) is 1. The predicted octanol–water partition coefficient (Wildman–Crippen LogP) is 2.67. The lowest BCUT2D eigenvalue weighted by atomic mass is 10.0. The molecule has 0 radical (unpaired) electrons. The monoisotopic (exact) mass is 310 g/mol. The molecular formula is C17H15FN4O. The number of rotatable bonds is 3. The third-order valence-corrected chi connectivity index (χ3v) is 3.98. The first-order valence-electron chi connectivity index (χ1n) is 7.41. The minimum atomic E-state index is -0.245. The summed E-state index contributed by atoms with van der Waals surface area (Å²) >= 11 is 0. The first-order valence-corrected chi connectivity index (χ1v) is 7.41. The van der Waals surface area contributed by atoms with Crippen LogP contribution >= 0.6 is 0 Å². The molecule has 0 saturated carbocycles. The second kappa shape index (κ2) is 5.39. The molecule has 1 aromatic heterocycles. The van der Waals surface area contributed by atoms with E-state index in [9.17, 15) is 4.39 Å². The predicted molar refractivity (Wildman–Crippen MR) is 83.9 cm³/mol. The van der Waals surface area contributed by atoms with E-state index in [0.29, 0.717) is 12.6 Å². The van der Waals surface area contributed by atoms with Gasteiger partial charge in [-0.3, -0.25) is 4.57 Å². The van der Waals surface area contributed by atoms with Gasteiger partial charge in [-0.1, -0.05) is 12.1 Å². The van der Waals surface area contributed by atoms with Gasteiger partial charge < -0.3 is 10.5 Å². The highest BCUT2D eigenvalue weighted by Crippen LogP contribution is 2.29. The Morgan fingerprint density at radius 1 is 1.09 bits per heavy atom. The molecule has 3 aromatic rings. The van der Waals surface area contributed by atoms with Gasteiger partial charge in [-0.25, -0.2) is 4.39 Å². The van der Waals surface area contributed by atoms with Crippen molar-refractivity contribution in [1.82, 2.24) is 14.8 Å². The smallest absolute Gasteiger partial charge is 0.226 e. The Kier molecular flexibility index (Phi) is 3.22. The number of anilines is 1. The molecule has 6 heteroatoms. The molecule has 23 heavy (non-hydrogen) atoms. The van der Waals surface area contributed by atoms with Crippen LogP contribution in [0.5, 0.6) is 5.75 Å². The molecule has 0 saturated heterocycles. The lowest BCUT2D eigenvalue weighted by molar-refractivity contribution is 0.305. The molecule has 5 nitrogen and oxygen atoms in total. The maximum absolute atomic E-state index is 12.9. The van der Waals surface area contributed by atoms with Crippen molar-refractivity contribution in [2.45, 2.75) is 19.4 Å². The van der Waals surface area contributed by atoms with Gasteiger partial charge in [0.2, 0.25) is 5.95 Å². The van der Waals surface area contributed by atoms with Gasteiger partial charge in [-0.05, 0) is 47.9 Å². The summed E-state index contributed by atoms with van der Waals surface area (Å²) in [6.07, 6.45) is 1.68. The highest BCUT2D eigenvalue weighted by molar-refractivity contribution is 5.52. The summed E-state index contributed by atoms with van der Waals surface area (Å²) in [4.78, 5) is 0. The second-order valence-corrected chi connectivity index (χ2v) is 5.52. The van der Waals surface area contributed by atoms with E-state index in [2.05, 4.69) is 10.2 Å². The van der Waals surface area contributed by atoms with Gasteiger partial charge in [0.1, 0.15) is 24.0 Å². The fourth-order valence-corrected chi connectivity index (χ4v) is 2.82. The maximum atomic E-state index is 12.9. The summed E-state index contributed by atoms with van der Waals surface area (Å²) in [6.45, 7) is 0.402. The number of benzene rings is 2. The minimum Gasteiger partial charge on any atom is -0.489 e. The molecule has 0 spiro atoms. The van der Waals surface area contributed by atoms with Crippen LogP contribution in [0.1, 0.15) is 17.0 Å². The van der Waals surface area contributed by atoms with E-state index in [1.807, 2.05) is 22.8 Å². The maximum Gasteiger partial charge on any atom is 0.226 e. The van der Waals surface area contributed by atoms with Crippen molar-refractivity contribution >= 4 is 5.95 Å². The van der Waals surface area contributed by atoms with Crippen LogP contribution in [0.3, 0.4) is 0 Å². The number of aromatic nitrogens is 3. The van der Waals surface area contributed by atoms with Crippen LogP contribution in [0.25, 0.3) is 5.69 Å². The molecule has 0 aliphatic carbocycles. The molecule has 4 rings (SSSR count). The van der Waals surface area contributed by atoms with E-state index < -0.39 is 0 Å². The zero-order valence-electron chi connectivity index (χ0n) is 12.4. The van der Waals surface area contributed by atoms with Crippen molar-refractivity contribution in [2.24, 2.45) is 0 Å². The van der Waals surface area contributed by atoms with Gasteiger partial charge in [0.25, 0.3) is 0 Å². The van der Waals surface area contributed by atoms with Crippen LogP contribution in [-0.4, -0.2) is 14.8 Å². The topological polar surface area (TPSA) is 66.0 Å². The first kappa shape index (κ1) is 13.8. The van der Waals surface area contributed by atoms with Crippen LogP contribution in [0.4, 0.5) is 10.3 Å². The van der Waals surface area contributed by atoms with E-state index in [-0.39, 0.29) is 5.82 Å². The molecule has 1 aliphatic heterocycles. The zero-order valence-corrected chi connectivity index (χ0v) is 12.4. The van der Waals surface area contributed by atoms with E-state index in [0.717, 1.165) is 41.2 Å². The Morgan fingerprint density at radius 3 is 2.74 bits per heavy atom. The van der Waals surface area contributed by atoms with E-state index in [1.165, 1.54) is 12.1 Å². The lowest BCUT2D eigenvalue weighted by Gasteiger charge is -2.19. The summed E-state index contributed by atoms with van der Waals surface area (Å²) in [5.41, 5.74) is 8.97. The second-order valence-electron chi connectivity index (χ2n) is 5.52. The molecule has 0 unspecified atom stereocenters. The van der Waals surface area contributed by atoms with Gasteiger partial charge in [0, 0.05) is 6.42 Å². The number of aryl methyl sites for hydroxylation is 2. The summed E-state index contributed by atoms with van der Waals surface area (Å²) in [7, 11) is 0. The number of ether oxygens (including phenoxy) is 1. The van der Waals surface area contributed by atoms with Crippen molar-refractivity contribution in [1.29, 1.82) is 0 Å².